The molecule has 0 atom stereocenters. The van der Waals surface area contributed by atoms with Gasteiger partial charge in [-0.25, -0.2) is 0 Å². The molecule has 0 saturated carbocycles. The molecule has 0 amide bonds. The van der Waals surface area contributed by atoms with Crippen molar-refractivity contribution in [1.82, 2.24) is 0 Å². The van der Waals surface area contributed by atoms with Crippen molar-refractivity contribution in [3.8, 4) is 5.75 Å². The first kappa shape index (κ1) is 14.9. The molecule has 19 heavy (non-hydrogen) atoms. The van der Waals surface area contributed by atoms with Gasteiger partial charge in [-0.3, -0.25) is 14.9 Å². The van der Waals surface area contributed by atoms with Crippen LogP contribution in [0.4, 0.5) is 18.9 Å². The van der Waals surface area contributed by atoms with Gasteiger partial charge < -0.3 is 4.18 Å². The van der Waals surface area contributed by atoms with Crippen molar-refractivity contribution < 1.29 is 35.5 Å². The number of benzene rings is 1. The van der Waals surface area contributed by atoms with Crippen molar-refractivity contribution in [2.75, 3.05) is 0 Å². The third-order valence-corrected chi connectivity index (χ3v) is 2.76. The van der Waals surface area contributed by atoms with E-state index in [2.05, 4.69) is 4.18 Å². The van der Waals surface area contributed by atoms with Crippen LogP contribution in [0, 0.1) is 10.1 Å². The second kappa shape index (κ2) is 4.84. The predicted molar refractivity (Wildman–Crippen MR) is 54.1 cm³/mol. The first-order chi connectivity index (χ1) is 8.58. The van der Waals surface area contributed by atoms with Gasteiger partial charge in [0.2, 0.25) is 5.75 Å². The van der Waals surface area contributed by atoms with Crippen LogP contribution in [0.1, 0.15) is 10.4 Å². The van der Waals surface area contributed by atoms with Crippen LogP contribution in [0.5, 0.6) is 5.75 Å². The van der Waals surface area contributed by atoms with Crippen LogP contribution < -0.4 is 4.18 Å². The van der Waals surface area contributed by atoms with E-state index in [1.807, 2.05) is 0 Å². The molecule has 1 aromatic carbocycles. The van der Waals surface area contributed by atoms with Gasteiger partial charge in [0.05, 0.1) is 4.92 Å². The molecule has 0 saturated heterocycles. The number of carbonyl (C=O) groups is 1. The number of carbonyl (C=O) groups excluding carboxylic acids is 1. The van der Waals surface area contributed by atoms with Gasteiger partial charge in [-0.2, -0.15) is 21.6 Å². The summed E-state index contributed by atoms with van der Waals surface area (Å²) in [5, 5.41) is 10.6. The SMILES string of the molecule is O=Cc1ccc(OS(=O)(=O)C(F)(F)F)c([N+](=O)[O-])c1. The topological polar surface area (TPSA) is 104 Å². The summed E-state index contributed by atoms with van der Waals surface area (Å²) in [5.74, 6) is -1.13. The van der Waals surface area contributed by atoms with Gasteiger partial charge >= 0.3 is 21.3 Å². The Balaban J connectivity index is 3.30. The minimum atomic E-state index is -6.02. The third-order valence-electron chi connectivity index (χ3n) is 1.80. The van der Waals surface area contributed by atoms with Crippen molar-refractivity contribution in [3.05, 3.63) is 33.9 Å². The largest absolute Gasteiger partial charge is 0.534 e. The van der Waals surface area contributed by atoms with Crippen LogP contribution in [-0.4, -0.2) is 25.1 Å². The second-order valence-corrected chi connectivity index (χ2v) is 4.62. The average molecular weight is 299 g/mol. The van der Waals surface area contributed by atoms with Gasteiger partial charge in [0.25, 0.3) is 0 Å². The number of aldehydes is 1. The summed E-state index contributed by atoms with van der Waals surface area (Å²) in [4.78, 5) is 19.8. The van der Waals surface area contributed by atoms with Crippen LogP contribution in [0.3, 0.4) is 0 Å². The van der Waals surface area contributed by atoms with E-state index in [1.54, 1.807) is 0 Å². The summed E-state index contributed by atoms with van der Waals surface area (Å²) in [7, 11) is -6.02. The van der Waals surface area contributed by atoms with Gasteiger partial charge in [0.15, 0.2) is 0 Å². The number of rotatable bonds is 4. The summed E-state index contributed by atoms with van der Waals surface area (Å²) < 4.78 is 61.2. The van der Waals surface area contributed by atoms with Crippen molar-refractivity contribution in [1.29, 1.82) is 0 Å². The molecule has 0 unspecified atom stereocenters. The molecule has 1 aromatic rings. The van der Waals surface area contributed by atoms with E-state index in [4.69, 9.17) is 0 Å². The van der Waals surface area contributed by atoms with Crippen LogP contribution in [-0.2, 0) is 10.1 Å². The fraction of sp³-hybridized carbons (Fsp3) is 0.125. The number of hydrogen-bond donors (Lipinski definition) is 0. The maximum Gasteiger partial charge on any atom is 0.534 e. The number of alkyl halides is 3. The first-order valence-electron chi connectivity index (χ1n) is 4.33. The molecule has 0 bridgehead atoms. The lowest BCUT2D eigenvalue weighted by Gasteiger charge is -2.09. The smallest absolute Gasteiger partial charge is 0.369 e. The number of nitro benzene ring substituents is 1. The molecule has 0 heterocycles. The lowest BCUT2D eigenvalue weighted by molar-refractivity contribution is -0.385. The Bertz CT molecular complexity index is 624. The fourth-order valence-corrected chi connectivity index (χ4v) is 1.46. The van der Waals surface area contributed by atoms with Crippen molar-refractivity contribution in [2.24, 2.45) is 0 Å². The molecule has 0 aromatic heterocycles. The van der Waals surface area contributed by atoms with E-state index >= 15 is 0 Å². The Labute approximate surface area is 103 Å². The zero-order valence-electron chi connectivity index (χ0n) is 8.75. The quantitative estimate of drug-likeness (QED) is 0.275. The fourth-order valence-electron chi connectivity index (χ4n) is 0.986. The zero-order chi connectivity index (χ0) is 14.8. The van der Waals surface area contributed by atoms with Crippen LogP contribution in [0.15, 0.2) is 18.2 Å². The van der Waals surface area contributed by atoms with E-state index in [0.29, 0.717) is 12.1 Å². The van der Waals surface area contributed by atoms with Crippen LogP contribution in [0.25, 0.3) is 0 Å². The summed E-state index contributed by atoms with van der Waals surface area (Å²) in [6.45, 7) is 0. The highest BCUT2D eigenvalue weighted by Gasteiger charge is 2.49. The Hall–Kier alpha value is -2.17. The van der Waals surface area contributed by atoms with Crippen molar-refractivity contribution in [2.45, 2.75) is 5.51 Å². The summed E-state index contributed by atoms with van der Waals surface area (Å²) in [6, 6.07) is 2.06. The molecule has 0 N–H and O–H groups in total. The molecule has 104 valence electrons. The van der Waals surface area contributed by atoms with Crippen LogP contribution >= 0.6 is 0 Å². The molecule has 0 aliphatic rings. The lowest BCUT2D eigenvalue weighted by atomic mass is 10.2. The van der Waals surface area contributed by atoms with Crippen LogP contribution in [0.2, 0.25) is 0 Å². The monoisotopic (exact) mass is 299 g/mol. The molecule has 0 aliphatic heterocycles. The van der Waals surface area contributed by atoms with E-state index in [-0.39, 0.29) is 11.8 Å². The summed E-state index contributed by atoms with van der Waals surface area (Å²) >= 11 is 0. The number of nitrogens with zero attached hydrogens (tertiary/aromatic N) is 1. The molecule has 0 radical (unpaired) electrons. The zero-order valence-corrected chi connectivity index (χ0v) is 9.56. The Morgan fingerprint density at radius 3 is 2.32 bits per heavy atom. The highest BCUT2D eigenvalue weighted by atomic mass is 32.2. The molecule has 0 fully saturated rings. The minimum absolute atomic E-state index is 0.203. The van der Waals surface area contributed by atoms with Gasteiger partial charge in [0, 0.05) is 11.6 Å². The molecular weight excluding hydrogens is 295 g/mol. The molecule has 0 aliphatic carbocycles. The second-order valence-electron chi connectivity index (χ2n) is 3.09. The van der Waals surface area contributed by atoms with Crippen molar-refractivity contribution >= 4 is 22.1 Å². The maximum absolute atomic E-state index is 12.1. The molecule has 1 rings (SSSR count). The Morgan fingerprint density at radius 1 is 1.32 bits per heavy atom. The number of halogens is 3. The third kappa shape index (κ3) is 3.19. The highest BCUT2D eigenvalue weighted by molar-refractivity contribution is 7.88. The Morgan fingerprint density at radius 2 is 1.89 bits per heavy atom. The minimum Gasteiger partial charge on any atom is -0.369 e. The van der Waals surface area contributed by atoms with E-state index in [9.17, 15) is 36.5 Å². The molecule has 0 spiro atoms. The predicted octanol–water partition coefficient (Wildman–Crippen LogP) is 1.64. The summed E-state index contributed by atoms with van der Waals surface area (Å²) in [6.07, 6.45) is 0.203. The molecule has 11 heteroatoms. The van der Waals surface area contributed by atoms with Crippen molar-refractivity contribution in [3.63, 3.8) is 0 Å². The van der Waals surface area contributed by atoms with E-state index < -0.39 is 32.0 Å². The summed E-state index contributed by atoms with van der Waals surface area (Å²) in [5.41, 5.74) is -7.01. The van der Waals surface area contributed by atoms with Gasteiger partial charge in [-0.15, -0.1) is 0 Å². The van der Waals surface area contributed by atoms with E-state index in [1.165, 1.54) is 0 Å². The normalized spacial score (nSPS) is 11.9. The molecular formula is C8H4F3NO6S. The van der Waals surface area contributed by atoms with Gasteiger partial charge in [-0.1, -0.05) is 0 Å². The maximum atomic E-state index is 12.1. The standard InChI is InChI=1S/C8H4F3NO6S/c9-8(10,11)19(16,17)18-7-2-1-5(4-13)3-6(7)12(14)15/h1-4H. The Kier molecular flexibility index (Phi) is 3.79. The van der Waals surface area contributed by atoms with Gasteiger partial charge in [-0.05, 0) is 12.1 Å². The lowest BCUT2D eigenvalue weighted by Crippen LogP contribution is -2.28. The van der Waals surface area contributed by atoms with Gasteiger partial charge in [0.1, 0.15) is 6.29 Å². The highest BCUT2D eigenvalue weighted by Crippen LogP contribution is 2.33. The number of hydrogen-bond acceptors (Lipinski definition) is 6. The first-order valence-corrected chi connectivity index (χ1v) is 5.73. The average Bonchev–Trinajstić information content (AvgIpc) is 2.27. The molecule has 7 nitrogen and oxygen atoms in total. The van der Waals surface area contributed by atoms with E-state index in [0.717, 1.165) is 6.07 Å². The number of nitro groups is 1.